The number of halogens is 1. The molecule has 1 aromatic carbocycles. The predicted octanol–water partition coefficient (Wildman–Crippen LogP) is 1.89. The van der Waals surface area contributed by atoms with E-state index in [2.05, 4.69) is 19.6 Å². The molecule has 5 rings (SSSR count). The summed E-state index contributed by atoms with van der Waals surface area (Å²) in [4.78, 5) is 10.4. The molecule has 1 aromatic heterocycles. The summed E-state index contributed by atoms with van der Waals surface area (Å²) >= 11 is 0. The van der Waals surface area contributed by atoms with E-state index in [0.29, 0.717) is 0 Å². The van der Waals surface area contributed by atoms with E-state index >= 15 is 0 Å². The number of anilines is 1. The molecular weight excluding hydrogens is 395 g/mol. The van der Waals surface area contributed by atoms with Crippen LogP contribution in [0.1, 0.15) is 18.5 Å². The van der Waals surface area contributed by atoms with E-state index in [1.54, 1.807) is 6.33 Å². The summed E-state index contributed by atoms with van der Waals surface area (Å²) in [5, 5.41) is 0. The fourth-order valence-corrected chi connectivity index (χ4v) is 6.35. The van der Waals surface area contributed by atoms with E-state index in [9.17, 15) is 12.8 Å². The van der Waals surface area contributed by atoms with Crippen molar-refractivity contribution in [2.45, 2.75) is 36.4 Å². The Hall–Kier alpha value is -2.10. The van der Waals surface area contributed by atoms with Crippen molar-refractivity contribution < 1.29 is 17.5 Å². The van der Waals surface area contributed by atoms with Crippen LogP contribution in [0.2, 0.25) is 0 Å². The summed E-state index contributed by atoms with van der Waals surface area (Å²) in [5.74, 6) is 0.393. The Kier molecular flexibility index (Phi) is 4.38. The second kappa shape index (κ2) is 6.72. The van der Waals surface area contributed by atoms with Crippen molar-refractivity contribution in [2.75, 3.05) is 24.5 Å². The fraction of sp³-hybridized carbons (Fsp3) is 0.500. The zero-order valence-electron chi connectivity index (χ0n) is 16.1. The lowest BCUT2D eigenvalue weighted by molar-refractivity contribution is 0.0142. The van der Waals surface area contributed by atoms with E-state index in [1.165, 1.54) is 18.2 Å². The summed E-state index contributed by atoms with van der Waals surface area (Å²) in [6.45, 7) is 3.69. The Morgan fingerprint density at radius 3 is 2.97 bits per heavy atom. The van der Waals surface area contributed by atoms with Gasteiger partial charge in [-0.3, -0.25) is 0 Å². The van der Waals surface area contributed by atoms with Gasteiger partial charge in [-0.25, -0.2) is 27.5 Å². The minimum atomic E-state index is -3.91. The number of aromatic nitrogens is 2. The first kappa shape index (κ1) is 18.9. The molecule has 29 heavy (non-hydrogen) atoms. The van der Waals surface area contributed by atoms with Crippen LogP contribution in [0.3, 0.4) is 0 Å². The van der Waals surface area contributed by atoms with Crippen LogP contribution in [-0.4, -0.2) is 49.7 Å². The molecule has 0 aliphatic carbocycles. The minimum absolute atomic E-state index is 0.0394. The highest BCUT2D eigenvalue weighted by molar-refractivity contribution is 7.89. The van der Waals surface area contributed by atoms with E-state index < -0.39 is 15.8 Å². The molecule has 1 N–H and O–H groups in total. The zero-order valence-corrected chi connectivity index (χ0v) is 16.9. The molecule has 7 nitrogen and oxygen atoms in total. The molecule has 3 fully saturated rings. The summed E-state index contributed by atoms with van der Waals surface area (Å²) < 4.78 is 48.2. The van der Waals surface area contributed by atoms with E-state index in [0.717, 1.165) is 43.5 Å². The van der Waals surface area contributed by atoms with E-state index in [4.69, 9.17) is 4.74 Å². The van der Waals surface area contributed by atoms with Gasteiger partial charge in [0.1, 0.15) is 22.9 Å². The normalized spacial score (nSPS) is 30.7. The molecule has 2 bridgehead atoms. The van der Waals surface area contributed by atoms with Crippen molar-refractivity contribution in [3.05, 3.63) is 48.2 Å². The van der Waals surface area contributed by atoms with Crippen LogP contribution < -0.4 is 9.62 Å². The van der Waals surface area contributed by atoms with Gasteiger partial charge in [0.15, 0.2) is 0 Å². The minimum Gasteiger partial charge on any atom is -0.369 e. The average Bonchev–Trinajstić information content (AvgIpc) is 3.35. The lowest BCUT2D eigenvalue weighted by Gasteiger charge is -2.29. The highest BCUT2D eigenvalue weighted by Crippen LogP contribution is 2.55. The smallest absolute Gasteiger partial charge is 0.243 e. The molecule has 0 saturated carbocycles. The highest BCUT2D eigenvalue weighted by Gasteiger charge is 2.63. The zero-order chi connectivity index (χ0) is 20.2. The predicted molar refractivity (Wildman–Crippen MR) is 104 cm³/mol. The molecule has 3 aliphatic heterocycles. The number of sulfonamides is 1. The number of aryl methyl sites for hydroxylation is 1. The summed E-state index contributed by atoms with van der Waals surface area (Å²) in [6.07, 6.45) is 3.49. The number of hydrogen-bond donors (Lipinski definition) is 1. The number of ether oxygens (including phenoxy) is 1. The molecule has 1 spiro atoms. The maximum absolute atomic E-state index is 14.0. The van der Waals surface area contributed by atoms with Crippen molar-refractivity contribution in [3.63, 3.8) is 0 Å². The van der Waals surface area contributed by atoms with Gasteiger partial charge in [0.25, 0.3) is 0 Å². The number of benzene rings is 1. The number of rotatable bonds is 5. The van der Waals surface area contributed by atoms with Gasteiger partial charge in [-0.2, -0.15) is 0 Å². The quantitative estimate of drug-likeness (QED) is 0.798. The molecule has 4 atom stereocenters. The van der Waals surface area contributed by atoms with E-state index in [1.807, 2.05) is 13.0 Å². The first-order valence-corrected chi connectivity index (χ1v) is 11.3. The van der Waals surface area contributed by atoms with Crippen LogP contribution in [0, 0.1) is 24.6 Å². The molecule has 3 aliphatic rings. The Balaban J connectivity index is 1.34. The third kappa shape index (κ3) is 3.12. The lowest BCUT2D eigenvalue weighted by atomic mass is 9.74. The molecule has 0 amide bonds. The van der Waals surface area contributed by atoms with Crippen molar-refractivity contribution >= 4 is 15.8 Å². The molecule has 0 radical (unpaired) electrons. The van der Waals surface area contributed by atoms with Gasteiger partial charge in [-0.15, -0.1) is 0 Å². The Bertz CT molecular complexity index is 1050. The van der Waals surface area contributed by atoms with E-state index in [-0.39, 0.29) is 35.0 Å². The number of nitrogens with zero attached hydrogens (tertiary/aromatic N) is 3. The van der Waals surface area contributed by atoms with Crippen LogP contribution in [-0.2, 0) is 14.8 Å². The largest absolute Gasteiger partial charge is 0.369 e. The van der Waals surface area contributed by atoms with Gasteiger partial charge >= 0.3 is 0 Å². The second-order valence-electron chi connectivity index (χ2n) is 8.21. The highest BCUT2D eigenvalue weighted by atomic mass is 32.2. The molecule has 2 aromatic rings. The van der Waals surface area contributed by atoms with Crippen molar-refractivity contribution in [1.29, 1.82) is 0 Å². The SMILES string of the molecule is Cc1cc(N2C[C@@H]3[C@H](CNS(=O)(=O)c4ccccc4F)[C@H]4CC[C@]3(C2)O4)ncn1. The first-order valence-electron chi connectivity index (χ1n) is 9.84. The third-order valence-corrected chi connectivity index (χ3v) is 7.99. The number of fused-ring (bicyclic) bond motifs is 1. The lowest BCUT2D eigenvalue weighted by Crippen LogP contribution is -2.42. The van der Waals surface area contributed by atoms with Crippen molar-refractivity contribution in [2.24, 2.45) is 11.8 Å². The van der Waals surface area contributed by atoms with Gasteiger partial charge in [0.2, 0.25) is 10.0 Å². The van der Waals surface area contributed by atoms with Gasteiger partial charge in [-0.05, 0) is 31.9 Å². The number of hydrogen-bond acceptors (Lipinski definition) is 6. The first-order chi connectivity index (χ1) is 13.9. The van der Waals surface area contributed by atoms with Crippen LogP contribution in [0.15, 0.2) is 41.6 Å². The number of nitrogens with one attached hydrogen (secondary N) is 1. The van der Waals surface area contributed by atoms with Gasteiger partial charge in [0, 0.05) is 43.2 Å². The van der Waals surface area contributed by atoms with Gasteiger partial charge in [-0.1, -0.05) is 12.1 Å². The monoisotopic (exact) mass is 418 g/mol. The molecule has 154 valence electrons. The molecule has 9 heteroatoms. The topological polar surface area (TPSA) is 84.4 Å². The van der Waals surface area contributed by atoms with Crippen LogP contribution in [0.5, 0.6) is 0 Å². The summed E-state index contributed by atoms with van der Waals surface area (Å²) in [5.41, 5.74) is 0.654. The van der Waals surface area contributed by atoms with Crippen LogP contribution in [0.25, 0.3) is 0 Å². The Labute approximate surface area is 169 Å². The van der Waals surface area contributed by atoms with Crippen LogP contribution >= 0.6 is 0 Å². The fourth-order valence-electron chi connectivity index (χ4n) is 5.20. The second-order valence-corrected chi connectivity index (χ2v) is 9.95. The maximum Gasteiger partial charge on any atom is 0.243 e. The van der Waals surface area contributed by atoms with Crippen molar-refractivity contribution in [1.82, 2.24) is 14.7 Å². The Morgan fingerprint density at radius 1 is 1.34 bits per heavy atom. The maximum atomic E-state index is 14.0. The Morgan fingerprint density at radius 2 is 2.17 bits per heavy atom. The van der Waals surface area contributed by atoms with Crippen molar-refractivity contribution in [3.8, 4) is 0 Å². The molecule has 3 saturated heterocycles. The molecular formula is C20H23FN4O3S. The average molecular weight is 418 g/mol. The summed E-state index contributed by atoms with van der Waals surface area (Å²) in [7, 11) is -3.91. The third-order valence-electron chi connectivity index (χ3n) is 6.53. The summed E-state index contributed by atoms with van der Waals surface area (Å²) in [6, 6.07) is 7.39. The van der Waals surface area contributed by atoms with Crippen LogP contribution in [0.4, 0.5) is 10.2 Å². The van der Waals surface area contributed by atoms with Gasteiger partial charge in [0.05, 0.1) is 11.7 Å². The van der Waals surface area contributed by atoms with Gasteiger partial charge < -0.3 is 9.64 Å². The molecule has 0 unspecified atom stereocenters. The molecule has 4 heterocycles. The standard InChI is InChI=1S/C20H23FN4O3S/c1-13-8-19(23-12-22-13)25-10-15-14(17-6-7-20(15,11-25)28-17)9-24-29(26,27)18-5-3-2-4-16(18)21/h2-5,8,12,14-15,17,24H,6-7,9-11H2,1H3/t14-,15+,17+,20+/m0/s1.